The van der Waals surface area contributed by atoms with Gasteiger partial charge in [-0.2, -0.15) is 0 Å². The lowest BCUT2D eigenvalue weighted by Gasteiger charge is -2.35. The van der Waals surface area contributed by atoms with Gasteiger partial charge in [0.2, 0.25) is 0 Å². The predicted molar refractivity (Wildman–Crippen MR) is 229 cm³/mol. The molecule has 291 valence electrons. The van der Waals surface area contributed by atoms with Gasteiger partial charge in [0.15, 0.2) is 0 Å². The molecule has 8 nitrogen and oxygen atoms in total. The SMILES string of the molecule is C.CC1CNCC(C)O1.C[C@@H]1CN(Cc2ccc(NC(=O)c3ccc(Cl)cc3)cc2)C[C@H](C)O1.Cl.O=C(Nc1ccc(CCl)cc1)c1ccc(Cl)cc1.[B]. The highest BCUT2D eigenvalue weighted by atomic mass is 35.5. The number of nitrogens with zero attached hydrogens (tertiary/aromatic N) is 1. The lowest BCUT2D eigenvalue weighted by Crippen LogP contribution is -2.44. The first-order valence-corrected chi connectivity index (χ1v) is 18.4. The number of anilines is 2. The highest BCUT2D eigenvalue weighted by molar-refractivity contribution is 6.31. The summed E-state index contributed by atoms with van der Waals surface area (Å²) in [6.07, 6.45) is 1.33. The van der Waals surface area contributed by atoms with Gasteiger partial charge in [-0.1, -0.05) is 54.9 Å². The third-order valence-electron chi connectivity index (χ3n) is 8.02. The predicted octanol–water partition coefficient (Wildman–Crippen LogP) is 9.59. The maximum Gasteiger partial charge on any atom is 0.255 e. The monoisotopic (exact) mass is 815 g/mol. The fourth-order valence-electron chi connectivity index (χ4n) is 5.63. The van der Waals surface area contributed by atoms with Crippen molar-refractivity contribution in [2.75, 3.05) is 36.8 Å². The number of carbonyl (C=O) groups is 2. The van der Waals surface area contributed by atoms with Crippen LogP contribution < -0.4 is 16.0 Å². The minimum Gasteiger partial charge on any atom is -0.373 e. The molecule has 3 N–H and O–H groups in total. The molecule has 2 amide bonds. The molecular formula is C41H52BCl4N4O4. The van der Waals surface area contributed by atoms with E-state index >= 15 is 0 Å². The molecule has 6 rings (SSSR count). The summed E-state index contributed by atoms with van der Waals surface area (Å²) in [5.74, 6) is 0.163. The molecule has 4 atom stereocenters. The van der Waals surface area contributed by atoms with Crippen LogP contribution in [-0.2, 0) is 21.9 Å². The second-order valence-electron chi connectivity index (χ2n) is 12.8. The number of hydrogen-bond acceptors (Lipinski definition) is 6. The number of rotatable bonds is 7. The molecule has 4 aromatic carbocycles. The molecule has 2 saturated heterocycles. The molecule has 54 heavy (non-hydrogen) atoms. The summed E-state index contributed by atoms with van der Waals surface area (Å²) in [6.45, 7) is 13.2. The van der Waals surface area contributed by atoms with Gasteiger partial charge in [0, 0.05) is 79.6 Å². The molecule has 0 saturated carbocycles. The van der Waals surface area contributed by atoms with Gasteiger partial charge in [0.1, 0.15) is 0 Å². The minimum absolute atomic E-state index is 0. The zero-order chi connectivity index (χ0) is 36.8. The molecule has 2 unspecified atom stereocenters. The highest BCUT2D eigenvalue weighted by Gasteiger charge is 2.22. The van der Waals surface area contributed by atoms with Crippen molar-refractivity contribution in [1.29, 1.82) is 0 Å². The van der Waals surface area contributed by atoms with Gasteiger partial charge < -0.3 is 25.4 Å². The van der Waals surface area contributed by atoms with E-state index in [-0.39, 0.29) is 52.3 Å². The highest BCUT2D eigenvalue weighted by Crippen LogP contribution is 2.18. The summed E-state index contributed by atoms with van der Waals surface area (Å²) >= 11 is 17.3. The summed E-state index contributed by atoms with van der Waals surface area (Å²) in [5.41, 5.74) is 4.92. The molecule has 2 heterocycles. The normalized spacial score (nSPS) is 19.0. The zero-order valence-corrected chi connectivity index (χ0v) is 33.6. The van der Waals surface area contributed by atoms with Crippen molar-refractivity contribution in [2.45, 2.75) is 72.0 Å². The summed E-state index contributed by atoms with van der Waals surface area (Å²) in [4.78, 5) is 26.5. The van der Waals surface area contributed by atoms with E-state index < -0.39 is 0 Å². The van der Waals surface area contributed by atoms with E-state index in [1.54, 1.807) is 48.5 Å². The number of carbonyl (C=O) groups excluding carboxylic acids is 2. The van der Waals surface area contributed by atoms with Crippen LogP contribution in [0.1, 0.15) is 67.0 Å². The van der Waals surface area contributed by atoms with Crippen LogP contribution in [0.15, 0.2) is 97.1 Å². The molecule has 3 radical (unpaired) electrons. The number of amides is 2. The fraction of sp³-hybridized carbons (Fsp3) is 0.366. The average molecular weight is 818 g/mol. The summed E-state index contributed by atoms with van der Waals surface area (Å²) in [6, 6.07) is 29.0. The van der Waals surface area contributed by atoms with Crippen molar-refractivity contribution < 1.29 is 19.1 Å². The Bertz CT molecular complexity index is 1650. The first kappa shape index (κ1) is 48.9. The molecule has 0 aromatic heterocycles. The molecule has 13 heteroatoms. The van der Waals surface area contributed by atoms with Crippen LogP contribution >= 0.6 is 47.2 Å². The van der Waals surface area contributed by atoms with Gasteiger partial charge in [0.05, 0.1) is 24.4 Å². The Kier molecular flexibility index (Phi) is 22.8. The van der Waals surface area contributed by atoms with Gasteiger partial charge in [-0.05, 0) is 112 Å². The van der Waals surface area contributed by atoms with E-state index in [9.17, 15) is 9.59 Å². The van der Waals surface area contributed by atoms with Gasteiger partial charge >= 0.3 is 0 Å². The van der Waals surface area contributed by atoms with Crippen LogP contribution in [0.2, 0.25) is 10.0 Å². The summed E-state index contributed by atoms with van der Waals surface area (Å²) in [5, 5.41) is 10.2. The maximum absolute atomic E-state index is 12.2. The van der Waals surface area contributed by atoms with Crippen LogP contribution in [-0.4, -0.2) is 75.7 Å². The smallest absolute Gasteiger partial charge is 0.255 e. The second kappa shape index (κ2) is 25.1. The average Bonchev–Trinajstić information content (AvgIpc) is 3.10. The third kappa shape index (κ3) is 17.1. The molecule has 2 aliphatic heterocycles. The zero-order valence-electron chi connectivity index (χ0n) is 30.5. The van der Waals surface area contributed by atoms with E-state index in [4.69, 9.17) is 44.3 Å². The van der Waals surface area contributed by atoms with Crippen molar-refractivity contribution in [3.05, 3.63) is 129 Å². The summed E-state index contributed by atoms with van der Waals surface area (Å²) < 4.78 is 11.2. The topological polar surface area (TPSA) is 91.9 Å². The van der Waals surface area contributed by atoms with E-state index in [1.807, 2.05) is 36.4 Å². The Labute approximate surface area is 344 Å². The van der Waals surface area contributed by atoms with Crippen LogP contribution in [0.4, 0.5) is 11.4 Å². The largest absolute Gasteiger partial charge is 0.373 e. The Balaban J connectivity index is 0.000000441. The van der Waals surface area contributed by atoms with Crippen LogP contribution in [0.5, 0.6) is 0 Å². The number of halogens is 4. The number of hydrogen-bond donors (Lipinski definition) is 3. The van der Waals surface area contributed by atoms with Crippen molar-refractivity contribution in [3.63, 3.8) is 0 Å². The van der Waals surface area contributed by atoms with Gasteiger partial charge in [0.25, 0.3) is 11.8 Å². The quantitative estimate of drug-likeness (QED) is 0.127. The number of benzene rings is 4. The van der Waals surface area contributed by atoms with E-state index in [1.165, 1.54) is 5.56 Å². The first-order valence-electron chi connectivity index (χ1n) is 17.1. The van der Waals surface area contributed by atoms with E-state index in [0.717, 1.165) is 49.7 Å². The lowest BCUT2D eigenvalue weighted by molar-refractivity contribution is -0.0704. The van der Waals surface area contributed by atoms with Crippen molar-refractivity contribution in [3.8, 4) is 0 Å². The standard InChI is InChI=1S/C20H23ClN2O2.C14H11Cl2NO.C6H13NO.CH4.B.ClH/c1-14-11-23(12-15(2)25-14)13-16-3-9-19(10-4-16)22-20(24)17-5-7-18(21)8-6-17;15-9-10-1-7-13(8-2-10)17-14(18)11-3-5-12(16)6-4-11;1-5-3-7-4-6(2)8-5;;;/h3-10,14-15H,11-13H2,1-2H3,(H,22,24);1-8H,9H2,(H,17,18);5-7H,3-4H2,1-2H3;1H4;;1H/t14-,15+;;;;;. The maximum atomic E-state index is 12.2. The molecule has 0 bridgehead atoms. The number of alkyl halides is 1. The Morgan fingerprint density at radius 2 is 1.02 bits per heavy atom. The molecule has 4 aromatic rings. The van der Waals surface area contributed by atoms with Crippen molar-refractivity contribution in [1.82, 2.24) is 10.2 Å². The van der Waals surface area contributed by atoms with E-state index in [2.05, 4.69) is 60.7 Å². The molecule has 0 aliphatic carbocycles. The molecule has 2 aliphatic rings. The Morgan fingerprint density at radius 1 is 0.648 bits per heavy atom. The Morgan fingerprint density at radius 3 is 1.37 bits per heavy atom. The number of nitrogens with one attached hydrogen (secondary N) is 3. The second-order valence-corrected chi connectivity index (χ2v) is 14.0. The third-order valence-corrected chi connectivity index (χ3v) is 8.83. The summed E-state index contributed by atoms with van der Waals surface area (Å²) in [7, 11) is 0. The van der Waals surface area contributed by atoms with Crippen molar-refractivity contribution >= 4 is 78.8 Å². The molecule has 2 fully saturated rings. The minimum atomic E-state index is -0.162. The lowest BCUT2D eigenvalue weighted by atomic mass is 10.1. The number of morpholine rings is 2. The van der Waals surface area contributed by atoms with Crippen LogP contribution in [0.3, 0.4) is 0 Å². The fourth-order valence-corrected chi connectivity index (χ4v) is 6.06. The number of ether oxygens (including phenoxy) is 2. The van der Waals surface area contributed by atoms with E-state index in [0.29, 0.717) is 39.3 Å². The molecular weight excluding hydrogens is 765 g/mol. The van der Waals surface area contributed by atoms with Crippen molar-refractivity contribution in [2.24, 2.45) is 0 Å². The van der Waals surface area contributed by atoms with Crippen LogP contribution in [0.25, 0.3) is 0 Å². The van der Waals surface area contributed by atoms with Gasteiger partial charge in [-0.15, -0.1) is 24.0 Å². The first-order chi connectivity index (χ1) is 24.5. The van der Waals surface area contributed by atoms with Crippen LogP contribution in [0, 0.1) is 0 Å². The Hall–Kier alpha value is -3.12. The molecule has 0 spiro atoms. The van der Waals surface area contributed by atoms with Gasteiger partial charge in [-0.25, -0.2) is 0 Å². The van der Waals surface area contributed by atoms with Gasteiger partial charge in [-0.3, -0.25) is 14.5 Å².